The van der Waals surface area contributed by atoms with Gasteiger partial charge >= 0.3 is 0 Å². The van der Waals surface area contributed by atoms with Crippen LogP contribution in [0, 0.1) is 5.41 Å². The van der Waals surface area contributed by atoms with Crippen molar-refractivity contribution in [3.63, 3.8) is 0 Å². The number of rotatable bonds is 4. The lowest BCUT2D eigenvalue weighted by Gasteiger charge is -2.05. The molecule has 0 aliphatic carbocycles. The standard InChI is InChI=1S/C12H15N3OS/c1-3-9-7-10(11-5-4-6-17-11)14-15(9)8-12(13)16-2/h4-7,13H,3,8H2,1-2H3. The van der Waals surface area contributed by atoms with Crippen molar-refractivity contribution in [1.82, 2.24) is 9.78 Å². The molecule has 0 saturated heterocycles. The molecule has 0 radical (unpaired) electrons. The van der Waals surface area contributed by atoms with E-state index in [0.29, 0.717) is 6.54 Å². The molecule has 1 N–H and O–H groups in total. The molecule has 0 saturated carbocycles. The van der Waals surface area contributed by atoms with Crippen LogP contribution in [0.5, 0.6) is 0 Å². The summed E-state index contributed by atoms with van der Waals surface area (Å²) in [5.41, 5.74) is 2.09. The molecule has 17 heavy (non-hydrogen) atoms. The minimum Gasteiger partial charge on any atom is -0.483 e. The van der Waals surface area contributed by atoms with Gasteiger partial charge < -0.3 is 4.74 Å². The highest BCUT2D eigenvalue weighted by Gasteiger charge is 2.10. The van der Waals surface area contributed by atoms with Crippen molar-refractivity contribution in [1.29, 1.82) is 5.41 Å². The van der Waals surface area contributed by atoms with Crippen LogP contribution in [0.15, 0.2) is 23.6 Å². The van der Waals surface area contributed by atoms with E-state index in [2.05, 4.69) is 24.2 Å². The second-order valence-electron chi connectivity index (χ2n) is 3.64. The summed E-state index contributed by atoms with van der Waals surface area (Å²) in [6.45, 7) is 2.48. The van der Waals surface area contributed by atoms with Crippen molar-refractivity contribution in [3.05, 3.63) is 29.3 Å². The predicted molar refractivity (Wildman–Crippen MR) is 69.7 cm³/mol. The van der Waals surface area contributed by atoms with E-state index in [1.54, 1.807) is 11.3 Å². The normalized spacial score (nSPS) is 10.5. The van der Waals surface area contributed by atoms with Crippen molar-refractivity contribution in [2.24, 2.45) is 0 Å². The first kappa shape index (κ1) is 11.9. The molecule has 0 atom stereocenters. The van der Waals surface area contributed by atoms with E-state index in [-0.39, 0.29) is 5.90 Å². The molecule has 2 heterocycles. The summed E-state index contributed by atoms with van der Waals surface area (Å²) >= 11 is 1.67. The quantitative estimate of drug-likeness (QED) is 0.669. The van der Waals surface area contributed by atoms with Crippen LogP contribution >= 0.6 is 11.3 Å². The average Bonchev–Trinajstić information content (AvgIpc) is 2.96. The summed E-state index contributed by atoms with van der Waals surface area (Å²) in [7, 11) is 1.51. The fourth-order valence-electron chi connectivity index (χ4n) is 1.62. The number of hydrogen-bond donors (Lipinski definition) is 1. The van der Waals surface area contributed by atoms with Crippen LogP contribution in [-0.2, 0) is 17.7 Å². The third-order valence-corrected chi connectivity index (χ3v) is 3.43. The molecule has 2 aromatic rings. The monoisotopic (exact) mass is 249 g/mol. The minimum atomic E-state index is 0.223. The molecular weight excluding hydrogens is 234 g/mol. The molecule has 0 amide bonds. The molecule has 0 spiro atoms. The first-order valence-electron chi connectivity index (χ1n) is 5.46. The third kappa shape index (κ3) is 2.55. The van der Waals surface area contributed by atoms with Crippen molar-refractivity contribution >= 4 is 17.2 Å². The van der Waals surface area contributed by atoms with Crippen LogP contribution in [-0.4, -0.2) is 22.8 Å². The van der Waals surface area contributed by atoms with Gasteiger partial charge in [-0.3, -0.25) is 10.1 Å². The first-order chi connectivity index (χ1) is 8.24. The van der Waals surface area contributed by atoms with Gasteiger partial charge in [0.2, 0.25) is 5.90 Å². The van der Waals surface area contributed by atoms with Crippen LogP contribution in [0.3, 0.4) is 0 Å². The maximum atomic E-state index is 7.55. The number of aryl methyl sites for hydroxylation is 1. The van der Waals surface area contributed by atoms with Gasteiger partial charge in [0.05, 0.1) is 12.0 Å². The summed E-state index contributed by atoms with van der Waals surface area (Å²) in [5.74, 6) is 0.223. The maximum Gasteiger partial charge on any atom is 0.202 e. The molecular formula is C12H15N3OS. The second kappa shape index (κ2) is 5.14. The van der Waals surface area contributed by atoms with E-state index in [1.807, 2.05) is 16.1 Å². The lowest BCUT2D eigenvalue weighted by molar-refractivity contribution is 0.376. The van der Waals surface area contributed by atoms with E-state index in [1.165, 1.54) is 7.11 Å². The molecule has 2 rings (SSSR count). The summed E-state index contributed by atoms with van der Waals surface area (Å²) in [6, 6.07) is 6.15. The smallest absolute Gasteiger partial charge is 0.202 e. The Balaban J connectivity index is 2.30. The molecule has 90 valence electrons. The minimum absolute atomic E-state index is 0.223. The maximum absolute atomic E-state index is 7.55. The zero-order chi connectivity index (χ0) is 12.3. The van der Waals surface area contributed by atoms with Gasteiger partial charge in [-0.1, -0.05) is 13.0 Å². The number of nitrogens with zero attached hydrogens (tertiary/aromatic N) is 2. The SMILES string of the molecule is CCc1cc(-c2cccs2)nn1CC(=N)OC. The molecule has 5 heteroatoms. The van der Waals surface area contributed by atoms with Crippen molar-refractivity contribution in [3.8, 4) is 10.6 Å². The van der Waals surface area contributed by atoms with Gasteiger partial charge in [0.25, 0.3) is 0 Å². The van der Waals surface area contributed by atoms with Crippen molar-refractivity contribution in [2.45, 2.75) is 19.9 Å². The molecule has 0 aliphatic rings. The number of ether oxygens (including phenoxy) is 1. The molecule has 0 fully saturated rings. The molecule has 0 aromatic carbocycles. The Morgan fingerprint density at radius 1 is 1.59 bits per heavy atom. The van der Waals surface area contributed by atoms with E-state index in [0.717, 1.165) is 22.7 Å². The van der Waals surface area contributed by atoms with Crippen molar-refractivity contribution in [2.75, 3.05) is 7.11 Å². The second-order valence-corrected chi connectivity index (χ2v) is 4.58. The summed E-state index contributed by atoms with van der Waals surface area (Å²) in [4.78, 5) is 1.15. The van der Waals surface area contributed by atoms with Crippen LogP contribution < -0.4 is 0 Å². The van der Waals surface area contributed by atoms with Crippen LogP contribution in [0.2, 0.25) is 0 Å². The Morgan fingerprint density at radius 2 is 2.41 bits per heavy atom. The molecule has 0 unspecified atom stereocenters. The van der Waals surface area contributed by atoms with Crippen LogP contribution in [0.25, 0.3) is 10.6 Å². The Morgan fingerprint density at radius 3 is 3.00 bits per heavy atom. The van der Waals surface area contributed by atoms with E-state index in [9.17, 15) is 0 Å². The Labute approximate surface area is 104 Å². The summed E-state index contributed by atoms with van der Waals surface area (Å²) in [5, 5.41) is 14.1. The molecule has 0 bridgehead atoms. The highest BCUT2D eigenvalue weighted by molar-refractivity contribution is 7.13. The largest absolute Gasteiger partial charge is 0.483 e. The molecule has 2 aromatic heterocycles. The first-order valence-corrected chi connectivity index (χ1v) is 6.34. The van der Waals surface area contributed by atoms with E-state index < -0.39 is 0 Å². The lowest BCUT2D eigenvalue weighted by atomic mass is 10.3. The summed E-state index contributed by atoms with van der Waals surface area (Å²) < 4.78 is 6.71. The van der Waals surface area contributed by atoms with Gasteiger partial charge in [-0.25, -0.2) is 0 Å². The van der Waals surface area contributed by atoms with E-state index >= 15 is 0 Å². The van der Waals surface area contributed by atoms with Gasteiger partial charge in [0, 0.05) is 5.69 Å². The van der Waals surface area contributed by atoms with Gasteiger partial charge in [0.1, 0.15) is 12.2 Å². The van der Waals surface area contributed by atoms with E-state index in [4.69, 9.17) is 10.1 Å². The summed E-state index contributed by atoms with van der Waals surface area (Å²) in [6.07, 6.45) is 0.898. The fraction of sp³-hybridized carbons (Fsp3) is 0.333. The highest BCUT2D eigenvalue weighted by atomic mass is 32.1. The zero-order valence-corrected chi connectivity index (χ0v) is 10.8. The van der Waals surface area contributed by atoms with Gasteiger partial charge in [-0.15, -0.1) is 11.3 Å². The molecule has 0 aliphatic heterocycles. The Kier molecular flexibility index (Phi) is 3.58. The zero-order valence-electron chi connectivity index (χ0n) is 9.93. The number of hydrogen-bond acceptors (Lipinski definition) is 4. The van der Waals surface area contributed by atoms with Gasteiger partial charge in [0.15, 0.2) is 0 Å². The number of thiophene rings is 1. The third-order valence-electron chi connectivity index (χ3n) is 2.54. The van der Waals surface area contributed by atoms with Gasteiger partial charge in [-0.05, 0) is 23.9 Å². The fourth-order valence-corrected chi connectivity index (χ4v) is 2.30. The number of methoxy groups -OCH3 is 1. The highest BCUT2D eigenvalue weighted by Crippen LogP contribution is 2.24. The van der Waals surface area contributed by atoms with Gasteiger partial charge in [-0.2, -0.15) is 5.10 Å². The number of nitrogens with one attached hydrogen (secondary N) is 1. The van der Waals surface area contributed by atoms with Crippen LogP contribution in [0.1, 0.15) is 12.6 Å². The number of aromatic nitrogens is 2. The molecule has 4 nitrogen and oxygen atoms in total. The van der Waals surface area contributed by atoms with Crippen molar-refractivity contribution < 1.29 is 4.74 Å². The predicted octanol–water partition coefficient (Wildman–Crippen LogP) is 2.80. The topological polar surface area (TPSA) is 50.9 Å². The van der Waals surface area contributed by atoms with Crippen LogP contribution in [0.4, 0.5) is 0 Å². The lowest BCUT2D eigenvalue weighted by Crippen LogP contribution is -2.14. The Bertz CT molecular complexity index is 502. The Hall–Kier alpha value is -1.62. The average molecular weight is 249 g/mol.